The van der Waals surface area contributed by atoms with Gasteiger partial charge in [-0.05, 0) is 31.0 Å². The highest BCUT2D eigenvalue weighted by atomic mass is 35.5. The van der Waals surface area contributed by atoms with Crippen LogP contribution >= 0.6 is 22.9 Å². The zero-order chi connectivity index (χ0) is 35.7. The summed E-state index contributed by atoms with van der Waals surface area (Å²) in [5, 5.41) is 46.7. The molecule has 6 atom stereocenters. The van der Waals surface area contributed by atoms with Crippen LogP contribution in [0.2, 0.25) is 5.02 Å². The number of carboxylic acid groups (broad SMARTS) is 1. The first kappa shape index (κ1) is 34.8. The Kier molecular flexibility index (Phi) is 8.77. The van der Waals surface area contributed by atoms with Gasteiger partial charge in [0.05, 0.1) is 11.6 Å². The third-order valence-electron chi connectivity index (χ3n) is 8.21. The number of aromatic nitrogens is 2. The Balaban J connectivity index is 1.26. The van der Waals surface area contributed by atoms with E-state index in [0.29, 0.717) is 12.1 Å². The van der Waals surface area contributed by atoms with Crippen LogP contribution in [0, 0.1) is 17.5 Å². The number of carboxylic acids is 1. The van der Waals surface area contributed by atoms with Crippen molar-refractivity contribution in [2.45, 2.75) is 67.8 Å². The van der Waals surface area contributed by atoms with Crippen LogP contribution in [-0.4, -0.2) is 101 Å². The number of carbonyl (C=O) groups is 3. The number of halogens is 7. The number of aliphatic hydroxyl groups is 3. The lowest BCUT2D eigenvalue weighted by atomic mass is 9.99. The molecule has 21 heteroatoms. The summed E-state index contributed by atoms with van der Waals surface area (Å²) in [7, 11) is 0. The van der Waals surface area contributed by atoms with Crippen LogP contribution in [0.3, 0.4) is 0 Å². The molecule has 3 aliphatic rings. The molecule has 3 fully saturated rings. The number of hydrogen-bond acceptors (Lipinski definition) is 11. The molecule has 49 heavy (non-hydrogen) atoms. The Bertz CT molecular complexity index is 1850. The van der Waals surface area contributed by atoms with Gasteiger partial charge in [0.1, 0.15) is 45.5 Å². The monoisotopic (exact) mass is 738 g/mol. The Morgan fingerprint density at radius 2 is 1.76 bits per heavy atom. The maximum absolute atomic E-state index is 14.8. The summed E-state index contributed by atoms with van der Waals surface area (Å²) in [6, 6.07) is -1.21. The molecule has 0 unspecified atom stereocenters. The summed E-state index contributed by atoms with van der Waals surface area (Å²) in [5.41, 5.74) is -2.87. The highest BCUT2D eigenvalue weighted by molar-refractivity contribution is 7.14. The van der Waals surface area contributed by atoms with Gasteiger partial charge >= 0.3 is 18.2 Å². The first-order valence-electron chi connectivity index (χ1n) is 14.0. The molecule has 1 aliphatic carbocycles. The number of imide groups is 1. The van der Waals surface area contributed by atoms with Crippen LogP contribution in [0.1, 0.15) is 29.5 Å². The number of benzene rings is 2. The van der Waals surface area contributed by atoms with Crippen molar-refractivity contribution in [1.82, 2.24) is 20.0 Å². The molecule has 3 aromatic rings. The summed E-state index contributed by atoms with van der Waals surface area (Å²) in [6.07, 6.45) is -15.6. The average molecular weight is 739 g/mol. The Hall–Kier alpha value is -4.08. The average Bonchev–Trinajstić information content (AvgIpc) is 3.65. The number of nitrogens with zero attached hydrogens (tertiary/aromatic N) is 4. The van der Waals surface area contributed by atoms with Gasteiger partial charge in [-0.15, -0.1) is 10.2 Å². The van der Waals surface area contributed by atoms with Crippen molar-refractivity contribution >= 4 is 40.8 Å². The van der Waals surface area contributed by atoms with Gasteiger partial charge in [-0.1, -0.05) is 29.0 Å². The first-order valence-corrected chi connectivity index (χ1v) is 15.2. The number of aliphatic carboxylic acids is 1. The smallest absolute Gasteiger partial charge is 0.413 e. The first-order chi connectivity index (χ1) is 23.0. The summed E-state index contributed by atoms with van der Waals surface area (Å²) in [4.78, 5) is 39.0. The standard InChI is InChI=1S/C28H21ClF6N4O9S/c29-15-11(3-4-12(31)19(15)47-24-18(42)16(40)17(41)20(48-24)23(43)44)22-37-36-14(49-22)8-38-26(46)39(25(45)27(38)5-6-27)21(28(33,34)35)10-2-1-9(30)7-13(10)32/h1-4,7,16-18,20-21,24,40-42H,5-6,8H2,(H,43,44)/t16-,17-,18+,20-,21-,24+/m0/s1. The fraction of sp³-hybridized carbons (Fsp3) is 0.393. The summed E-state index contributed by atoms with van der Waals surface area (Å²) < 4.78 is 96.0. The largest absolute Gasteiger partial charge is 0.479 e. The van der Waals surface area contributed by atoms with Gasteiger partial charge in [-0.25, -0.2) is 27.7 Å². The minimum atomic E-state index is -5.34. The van der Waals surface area contributed by atoms with E-state index in [2.05, 4.69) is 10.2 Å². The van der Waals surface area contributed by atoms with E-state index in [9.17, 15) is 61.2 Å². The number of rotatable bonds is 8. The SMILES string of the molecule is O=C(O)[C@H]1O[C@@H](Oc2c(F)ccc(-c3nnc(CN4C(=O)N([C@@H](c5ccc(F)cc5F)C(F)(F)F)C(=O)C45CC5)s3)c2Cl)[C@H](O)[C@@H](O)[C@@H]1O. The van der Waals surface area contributed by atoms with E-state index in [-0.39, 0.29) is 39.4 Å². The molecule has 1 spiro atoms. The predicted octanol–water partition coefficient (Wildman–Crippen LogP) is 3.15. The quantitative estimate of drug-likeness (QED) is 0.197. The van der Waals surface area contributed by atoms with Crippen LogP contribution in [0.4, 0.5) is 31.1 Å². The summed E-state index contributed by atoms with van der Waals surface area (Å²) in [6.45, 7) is -0.531. The lowest BCUT2D eigenvalue weighted by molar-refractivity contribution is -0.271. The number of alkyl halides is 3. The maximum Gasteiger partial charge on any atom is 0.413 e. The highest BCUT2D eigenvalue weighted by Crippen LogP contribution is 2.53. The van der Waals surface area contributed by atoms with E-state index in [1.54, 1.807) is 0 Å². The molecule has 2 aromatic carbocycles. The molecule has 262 valence electrons. The van der Waals surface area contributed by atoms with Crippen LogP contribution < -0.4 is 4.74 Å². The van der Waals surface area contributed by atoms with E-state index >= 15 is 0 Å². The lowest BCUT2D eigenvalue weighted by Crippen LogP contribution is -2.61. The molecule has 1 aromatic heterocycles. The molecule has 6 rings (SSSR count). The van der Waals surface area contributed by atoms with Crippen LogP contribution in [-0.2, 0) is 20.9 Å². The molecule has 0 bridgehead atoms. The Labute approximate surface area is 278 Å². The second-order valence-corrected chi connectivity index (χ2v) is 12.7. The van der Waals surface area contributed by atoms with Crippen molar-refractivity contribution in [3.8, 4) is 16.3 Å². The van der Waals surface area contributed by atoms with Gasteiger partial charge in [0, 0.05) is 17.2 Å². The normalized spacial score (nSPS) is 25.6. The van der Waals surface area contributed by atoms with E-state index in [1.165, 1.54) is 0 Å². The fourth-order valence-electron chi connectivity index (χ4n) is 5.61. The molecule has 3 heterocycles. The van der Waals surface area contributed by atoms with E-state index in [0.717, 1.165) is 28.4 Å². The van der Waals surface area contributed by atoms with Gasteiger partial charge in [0.2, 0.25) is 6.29 Å². The molecular weight excluding hydrogens is 718 g/mol. The van der Waals surface area contributed by atoms with Crippen molar-refractivity contribution in [2.75, 3.05) is 0 Å². The van der Waals surface area contributed by atoms with Gasteiger partial charge in [-0.3, -0.25) is 4.79 Å². The molecule has 2 saturated heterocycles. The zero-order valence-corrected chi connectivity index (χ0v) is 25.7. The van der Waals surface area contributed by atoms with Crippen molar-refractivity contribution in [2.24, 2.45) is 0 Å². The van der Waals surface area contributed by atoms with Crippen molar-refractivity contribution < 1.29 is 70.6 Å². The third-order valence-corrected chi connectivity index (χ3v) is 9.52. The van der Waals surface area contributed by atoms with E-state index in [4.69, 9.17) is 21.1 Å². The maximum atomic E-state index is 14.8. The molecular formula is C28H21ClF6N4O9S. The van der Waals surface area contributed by atoms with Gasteiger partial charge in [0.25, 0.3) is 5.91 Å². The Morgan fingerprint density at radius 1 is 1.06 bits per heavy atom. The van der Waals surface area contributed by atoms with Crippen molar-refractivity contribution in [1.29, 1.82) is 0 Å². The van der Waals surface area contributed by atoms with Crippen LogP contribution in [0.15, 0.2) is 30.3 Å². The highest BCUT2D eigenvalue weighted by Gasteiger charge is 2.68. The molecule has 0 radical (unpaired) electrons. The molecule has 2 aliphatic heterocycles. The van der Waals surface area contributed by atoms with Gasteiger partial charge in [0.15, 0.2) is 23.7 Å². The zero-order valence-electron chi connectivity index (χ0n) is 24.1. The van der Waals surface area contributed by atoms with Crippen molar-refractivity contribution in [3.05, 3.63) is 63.4 Å². The van der Waals surface area contributed by atoms with Crippen LogP contribution in [0.25, 0.3) is 10.6 Å². The Morgan fingerprint density at radius 3 is 2.37 bits per heavy atom. The van der Waals surface area contributed by atoms with Gasteiger partial charge in [-0.2, -0.15) is 13.2 Å². The summed E-state index contributed by atoms with van der Waals surface area (Å²) in [5.74, 6) is -7.65. The lowest BCUT2D eigenvalue weighted by Gasteiger charge is -2.38. The molecule has 3 amide bonds. The summed E-state index contributed by atoms with van der Waals surface area (Å²) >= 11 is 7.10. The number of carbonyl (C=O) groups excluding carboxylic acids is 2. The number of ether oxygens (including phenoxy) is 2. The number of amides is 3. The van der Waals surface area contributed by atoms with Crippen LogP contribution in [0.5, 0.6) is 5.75 Å². The second-order valence-electron chi connectivity index (χ2n) is 11.3. The van der Waals surface area contributed by atoms with E-state index < -0.39 is 107 Å². The fourth-order valence-corrected chi connectivity index (χ4v) is 6.81. The van der Waals surface area contributed by atoms with E-state index in [1.807, 2.05) is 0 Å². The number of aliphatic hydroxyl groups excluding tert-OH is 3. The van der Waals surface area contributed by atoms with Gasteiger partial charge < -0.3 is 34.8 Å². The minimum Gasteiger partial charge on any atom is -0.479 e. The second kappa shape index (κ2) is 12.4. The van der Waals surface area contributed by atoms with Crippen molar-refractivity contribution in [3.63, 3.8) is 0 Å². The molecule has 4 N–H and O–H groups in total. The predicted molar refractivity (Wildman–Crippen MR) is 150 cm³/mol. The number of urea groups is 1. The minimum absolute atomic E-state index is 0.00967. The molecule has 1 saturated carbocycles. The molecule has 13 nitrogen and oxygen atoms in total. The third kappa shape index (κ3) is 5.95. The number of hydrogen-bond donors (Lipinski definition) is 4. The topological polar surface area (TPSA) is 183 Å².